The van der Waals surface area contributed by atoms with Gasteiger partial charge in [0.2, 0.25) is 0 Å². The van der Waals surface area contributed by atoms with Crippen molar-refractivity contribution >= 4 is 0 Å². The third kappa shape index (κ3) is 26.0. The smallest absolute Gasteiger partial charge is 0.00489 e. The van der Waals surface area contributed by atoms with Crippen molar-refractivity contribution < 1.29 is 0 Å². The molecule has 0 aliphatic carbocycles. The first-order valence-corrected chi connectivity index (χ1v) is 12.8. The molecule has 0 saturated heterocycles. The molecule has 0 aromatic rings. The van der Waals surface area contributed by atoms with Crippen molar-refractivity contribution in [2.75, 3.05) is 13.1 Å². The van der Waals surface area contributed by atoms with Gasteiger partial charge in [0.05, 0.1) is 0 Å². The Bertz CT molecular complexity index is 233. The van der Waals surface area contributed by atoms with Gasteiger partial charge >= 0.3 is 0 Å². The molecule has 0 heterocycles. The van der Waals surface area contributed by atoms with Gasteiger partial charge in [-0.1, -0.05) is 130 Å². The number of rotatable bonds is 22. The molecule has 0 radical (unpaired) electrons. The Morgan fingerprint density at radius 3 is 0.926 bits per heavy atom. The van der Waals surface area contributed by atoms with Gasteiger partial charge in [-0.3, -0.25) is 0 Å². The summed E-state index contributed by atoms with van der Waals surface area (Å²) in [4.78, 5) is 0. The normalized spacial score (nSPS) is 11.8. The average molecular weight is 382 g/mol. The second kappa shape index (κ2) is 22.3. The van der Waals surface area contributed by atoms with Crippen LogP contribution in [-0.4, -0.2) is 13.1 Å². The van der Waals surface area contributed by atoms with E-state index in [9.17, 15) is 0 Å². The largest absolute Gasteiger partial charge is 0.317 e. The van der Waals surface area contributed by atoms with Crippen molar-refractivity contribution in [1.29, 1.82) is 0 Å². The van der Waals surface area contributed by atoms with Crippen molar-refractivity contribution in [3.63, 3.8) is 0 Å². The molecule has 27 heavy (non-hydrogen) atoms. The summed E-state index contributed by atoms with van der Waals surface area (Å²) in [5, 5.41) is 3.64. The minimum atomic E-state index is 0.891. The first-order chi connectivity index (χ1) is 13.1. The molecular formula is C26H55N. The minimum absolute atomic E-state index is 0.891. The summed E-state index contributed by atoms with van der Waals surface area (Å²) in [6, 6.07) is 0. The fourth-order valence-electron chi connectivity index (χ4n) is 3.85. The molecule has 0 aromatic heterocycles. The molecule has 0 fully saturated rings. The van der Waals surface area contributed by atoms with E-state index in [0.29, 0.717) is 0 Å². The van der Waals surface area contributed by atoms with Gasteiger partial charge in [-0.15, -0.1) is 0 Å². The fourth-order valence-corrected chi connectivity index (χ4v) is 3.85. The zero-order valence-electron chi connectivity index (χ0n) is 19.8. The third-order valence-electron chi connectivity index (χ3n) is 5.77. The molecule has 0 unspecified atom stereocenters. The van der Waals surface area contributed by atoms with Crippen LogP contribution in [0.15, 0.2) is 0 Å². The molecule has 0 saturated carbocycles. The van der Waals surface area contributed by atoms with Crippen LogP contribution in [0.2, 0.25) is 0 Å². The first-order valence-electron chi connectivity index (χ1n) is 12.8. The summed E-state index contributed by atoms with van der Waals surface area (Å²) in [6.07, 6.45) is 25.9. The molecular weight excluding hydrogens is 326 g/mol. The molecule has 0 spiro atoms. The predicted octanol–water partition coefficient (Wildman–Crippen LogP) is 8.91. The highest BCUT2D eigenvalue weighted by molar-refractivity contribution is 4.53. The van der Waals surface area contributed by atoms with Crippen LogP contribution in [0.3, 0.4) is 0 Å². The predicted molar refractivity (Wildman–Crippen MR) is 126 cm³/mol. The molecule has 164 valence electrons. The highest BCUT2D eigenvalue weighted by Crippen LogP contribution is 2.13. The van der Waals surface area contributed by atoms with E-state index in [0.717, 1.165) is 11.8 Å². The van der Waals surface area contributed by atoms with Crippen LogP contribution in [0.1, 0.15) is 143 Å². The van der Waals surface area contributed by atoms with Crippen molar-refractivity contribution in [2.45, 2.75) is 143 Å². The van der Waals surface area contributed by atoms with Gasteiger partial charge in [0.25, 0.3) is 0 Å². The monoisotopic (exact) mass is 381 g/mol. The Balaban J connectivity index is 2.99. The Hall–Kier alpha value is -0.0400. The minimum Gasteiger partial charge on any atom is -0.317 e. The van der Waals surface area contributed by atoms with Gasteiger partial charge in [-0.2, -0.15) is 0 Å². The molecule has 1 heteroatoms. The van der Waals surface area contributed by atoms with Crippen LogP contribution < -0.4 is 5.32 Å². The molecule has 0 amide bonds. The van der Waals surface area contributed by atoms with E-state index in [1.165, 1.54) is 129 Å². The molecule has 1 N–H and O–H groups in total. The second-order valence-corrected chi connectivity index (χ2v) is 9.77. The number of hydrogen-bond acceptors (Lipinski definition) is 1. The summed E-state index contributed by atoms with van der Waals surface area (Å²) < 4.78 is 0. The van der Waals surface area contributed by atoms with Crippen molar-refractivity contribution in [3.8, 4) is 0 Å². The van der Waals surface area contributed by atoms with E-state index in [2.05, 4.69) is 33.0 Å². The Morgan fingerprint density at radius 1 is 0.370 bits per heavy atom. The lowest BCUT2D eigenvalue weighted by Gasteiger charge is -2.06. The summed E-state index contributed by atoms with van der Waals surface area (Å²) in [6.45, 7) is 11.8. The Labute approximate surface area is 173 Å². The molecule has 0 atom stereocenters. The maximum atomic E-state index is 3.64. The number of nitrogens with one attached hydrogen (secondary N) is 1. The molecule has 0 aromatic carbocycles. The average Bonchev–Trinajstić information content (AvgIpc) is 2.62. The molecule has 1 nitrogen and oxygen atoms in total. The summed E-state index contributed by atoms with van der Waals surface area (Å²) in [5.41, 5.74) is 0. The van der Waals surface area contributed by atoms with Gasteiger partial charge in [-0.25, -0.2) is 0 Å². The van der Waals surface area contributed by atoms with Gasteiger partial charge in [-0.05, 0) is 37.8 Å². The van der Waals surface area contributed by atoms with Gasteiger partial charge < -0.3 is 5.32 Å². The van der Waals surface area contributed by atoms with Crippen LogP contribution in [0.25, 0.3) is 0 Å². The van der Waals surface area contributed by atoms with Gasteiger partial charge in [0.15, 0.2) is 0 Å². The molecule has 0 rings (SSSR count). The highest BCUT2D eigenvalue weighted by atomic mass is 14.8. The van der Waals surface area contributed by atoms with Crippen LogP contribution in [-0.2, 0) is 0 Å². The zero-order valence-corrected chi connectivity index (χ0v) is 19.8. The highest BCUT2D eigenvalue weighted by Gasteiger charge is 1.97. The van der Waals surface area contributed by atoms with E-state index < -0.39 is 0 Å². The maximum absolute atomic E-state index is 3.64. The fraction of sp³-hybridized carbons (Fsp3) is 1.00. The lowest BCUT2D eigenvalue weighted by molar-refractivity contribution is 0.499. The summed E-state index contributed by atoms with van der Waals surface area (Å²) in [5.74, 6) is 1.78. The molecule has 0 bridgehead atoms. The lowest BCUT2D eigenvalue weighted by Crippen LogP contribution is -2.16. The van der Waals surface area contributed by atoms with E-state index >= 15 is 0 Å². The van der Waals surface area contributed by atoms with Crippen molar-refractivity contribution in [3.05, 3.63) is 0 Å². The van der Waals surface area contributed by atoms with Crippen molar-refractivity contribution in [1.82, 2.24) is 5.32 Å². The topological polar surface area (TPSA) is 12.0 Å². The molecule has 0 aliphatic rings. The van der Waals surface area contributed by atoms with Crippen molar-refractivity contribution in [2.24, 2.45) is 11.8 Å². The maximum Gasteiger partial charge on any atom is -0.00489 e. The van der Waals surface area contributed by atoms with Crippen LogP contribution in [0.5, 0.6) is 0 Å². The SMILES string of the molecule is CC(C)CCCCCCCCCCNCCCCCCCCCCC(C)C. The van der Waals surface area contributed by atoms with Crippen LogP contribution in [0.4, 0.5) is 0 Å². The number of hydrogen-bond donors (Lipinski definition) is 1. The van der Waals surface area contributed by atoms with E-state index in [-0.39, 0.29) is 0 Å². The first kappa shape index (κ1) is 27.0. The van der Waals surface area contributed by atoms with E-state index in [4.69, 9.17) is 0 Å². The summed E-state index contributed by atoms with van der Waals surface area (Å²) >= 11 is 0. The Kier molecular flexibility index (Phi) is 22.2. The zero-order chi connectivity index (χ0) is 20.0. The lowest BCUT2D eigenvalue weighted by atomic mass is 10.0. The van der Waals surface area contributed by atoms with Gasteiger partial charge in [0.1, 0.15) is 0 Å². The standard InChI is InChI=1S/C26H55N/c1-25(2)21-17-13-9-5-7-11-15-19-23-27-24-20-16-12-8-6-10-14-18-22-26(3)4/h25-27H,5-24H2,1-4H3. The van der Waals surface area contributed by atoms with E-state index in [1.807, 2.05) is 0 Å². The second-order valence-electron chi connectivity index (χ2n) is 9.77. The Morgan fingerprint density at radius 2 is 0.630 bits per heavy atom. The molecule has 0 aliphatic heterocycles. The number of unbranched alkanes of at least 4 members (excludes halogenated alkanes) is 14. The van der Waals surface area contributed by atoms with Gasteiger partial charge in [0, 0.05) is 0 Å². The van der Waals surface area contributed by atoms with E-state index in [1.54, 1.807) is 0 Å². The van der Waals surface area contributed by atoms with Crippen LogP contribution in [0, 0.1) is 11.8 Å². The summed E-state index contributed by atoms with van der Waals surface area (Å²) in [7, 11) is 0. The third-order valence-corrected chi connectivity index (χ3v) is 5.77. The van der Waals surface area contributed by atoms with Crippen LogP contribution >= 0.6 is 0 Å². The quantitative estimate of drug-likeness (QED) is 0.185.